The normalized spacial score (nSPS) is 16.3. The van der Waals surface area contributed by atoms with E-state index >= 15 is 0 Å². The largest absolute Gasteiger partial charge is 0.444 e. The first-order valence-electron chi connectivity index (χ1n) is 9.79. The predicted molar refractivity (Wildman–Crippen MR) is 118 cm³/mol. The molecule has 0 unspecified atom stereocenters. The molecule has 30 heavy (non-hydrogen) atoms. The van der Waals surface area contributed by atoms with E-state index in [1.54, 1.807) is 34.0 Å². The second-order valence-electron chi connectivity index (χ2n) is 7.31. The quantitative estimate of drug-likeness (QED) is 0.469. The maximum absolute atomic E-state index is 13.1. The lowest BCUT2D eigenvalue weighted by Gasteiger charge is -2.33. The monoisotopic (exact) mass is 439 g/mol. The molecule has 0 spiro atoms. The third kappa shape index (κ3) is 3.79. The van der Waals surface area contributed by atoms with Crippen molar-refractivity contribution in [3.63, 3.8) is 0 Å². The first kappa shape index (κ1) is 19.4. The van der Waals surface area contributed by atoms with Crippen molar-refractivity contribution in [2.24, 2.45) is 0 Å². The second kappa shape index (κ2) is 7.96. The van der Waals surface area contributed by atoms with Gasteiger partial charge in [0.15, 0.2) is 0 Å². The van der Waals surface area contributed by atoms with Crippen molar-refractivity contribution in [2.75, 3.05) is 26.2 Å². The Bertz CT molecular complexity index is 1260. The van der Waals surface area contributed by atoms with E-state index in [0.29, 0.717) is 43.5 Å². The van der Waals surface area contributed by atoms with Crippen LogP contribution >= 0.6 is 11.3 Å². The lowest BCUT2D eigenvalue weighted by Crippen LogP contribution is -2.48. The van der Waals surface area contributed by atoms with Crippen molar-refractivity contribution >= 4 is 32.1 Å². The molecule has 0 saturated carbocycles. The van der Waals surface area contributed by atoms with E-state index in [0.717, 1.165) is 21.3 Å². The topological polar surface area (TPSA) is 66.7 Å². The van der Waals surface area contributed by atoms with Gasteiger partial charge in [-0.1, -0.05) is 36.4 Å². The van der Waals surface area contributed by atoms with Gasteiger partial charge in [-0.15, -0.1) is 11.3 Å². The Kier molecular flexibility index (Phi) is 5.16. The molecule has 0 radical (unpaired) electrons. The molecule has 0 aliphatic carbocycles. The summed E-state index contributed by atoms with van der Waals surface area (Å²) in [6.07, 6.45) is 1.69. The Morgan fingerprint density at radius 2 is 1.77 bits per heavy atom. The van der Waals surface area contributed by atoms with Crippen LogP contribution in [-0.4, -0.2) is 48.8 Å². The van der Waals surface area contributed by atoms with Crippen LogP contribution in [0.2, 0.25) is 0 Å². The van der Waals surface area contributed by atoms with E-state index in [9.17, 15) is 8.42 Å². The third-order valence-corrected chi connectivity index (χ3v) is 8.11. The Morgan fingerprint density at radius 3 is 2.53 bits per heavy atom. The molecular weight excluding hydrogens is 418 g/mol. The molecule has 1 fully saturated rings. The van der Waals surface area contributed by atoms with E-state index in [4.69, 9.17) is 4.42 Å². The Morgan fingerprint density at radius 1 is 0.967 bits per heavy atom. The van der Waals surface area contributed by atoms with Crippen molar-refractivity contribution < 1.29 is 12.8 Å². The van der Waals surface area contributed by atoms with Crippen LogP contribution in [0.25, 0.3) is 21.5 Å². The first-order chi connectivity index (χ1) is 14.6. The summed E-state index contributed by atoms with van der Waals surface area (Å²) in [6, 6.07) is 17.1. The minimum Gasteiger partial charge on any atom is -0.444 e. The van der Waals surface area contributed by atoms with Crippen molar-refractivity contribution in [1.29, 1.82) is 0 Å². The Hall–Kier alpha value is -2.52. The van der Waals surface area contributed by atoms with Gasteiger partial charge >= 0.3 is 0 Å². The summed E-state index contributed by atoms with van der Waals surface area (Å²) in [5.74, 6) is 0.637. The van der Waals surface area contributed by atoms with E-state index < -0.39 is 10.0 Å². The molecule has 0 N–H and O–H groups in total. The van der Waals surface area contributed by atoms with Gasteiger partial charge < -0.3 is 4.42 Å². The van der Waals surface area contributed by atoms with Crippen LogP contribution in [0.5, 0.6) is 0 Å². The number of hydrogen-bond acceptors (Lipinski definition) is 6. The summed E-state index contributed by atoms with van der Waals surface area (Å²) in [7, 11) is -3.50. The molecule has 2 aromatic heterocycles. The van der Waals surface area contributed by atoms with E-state index in [1.807, 2.05) is 47.8 Å². The zero-order valence-corrected chi connectivity index (χ0v) is 17.9. The fraction of sp³-hybridized carbons (Fsp3) is 0.227. The smallest absolute Gasteiger partial charge is 0.243 e. The van der Waals surface area contributed by atoms with Gasteiger partial charge in [0.2, 0.25) is 15.9 Å². The highest BCUT2D eigenvalue weighted by Crippen LogP contribution is 2.25. The zero-order chi connectivity index (χ0) is 20.6. The number of nitrogens with zero attached hydrogens (tertiary/aromatic N) is 3. The molecule has 1 saturated heterocycles. The van der Waals surface area contributed by atoms with Crippen LogP contribution in [0.15, 0.2) is 75.6 Å². The highest BCUT2D eigenvalue weighted by atomic mass is 32.2. The number of hydrogen-bond donors (Lipinski definition) is 0. The highest BCUT2D eigenvalue weighted by Gasteiger charge is 2.29. The van der Waals surface area contributed by atoms with Crippen LogP contribution < -0.4 is 0 Å². The van der Waals surface area contributed by atoms with Crippen molar-refractivity contribution in [3.05, 3.63) is 71.9 Å². The van der Waals surface area contributed by atoms with Gasteiger partial charge in [0.25, 0.3) is 0 Å². The third-order valence-electron chi connectivity index (χ3n) is 5.36. The molecule has 0 bridgehead atoms. The van der Waals surface area contributed by atoms with Crippen LogP contribution in [-0.2, 0) is 16.6 Å². The minimum atomic E-state index is -3.50. The SMILES string of the molecule is O=S(=O)(c1ccc2ccccc2c1)N1CCN(Cc2coc(-c3cccs3)n2)CC1. The summed E-state index contributed by atoms with van der Waals surface area (Å²) < 4.78 is 33.4. The second-order valence-corrected chi connectivity index (χ2v) is 10.2. The summed E-state index contributed by atoms with van der Waals surface area (Å²) in [5, 5.41) is 3.97. The standard InChI is InChI=1S/C22H21N3O3S2/c26-30(27,20-8-7-17-4-1-2-5-18(17)14-20)25-11-9-24(10-12-25)15-19-16-28-22(23-19)21-6-3-13-29-21/h1-8,13-14,16H,9-12,15H2. The van der Waals surface area contributed by atoms with Gasteiger partial charge in [-0.3, -0.25) is 4.90 Å². The number of benzene rings is 2. The number of sulfonamides is 1. The van der Waals surface area contributed by atoms with E-state index in [-0.39, 0.29) is 0 Å². The summed E-state index contributed by atoms with van der Waals surface area (Å²) in [5.41, 5.74) is 0.865. The van der Waals surface area contributed by atoms with Crippen molar-refractivity contribution in [1.82, 2.24) is 14.2 Å². The van der Waals surface area contributed by atoms with Crippen molar-refractivity contribution in [3.8, 4) is 10.8 Å². The minimum absolute atomic E-state index is 0.353. The maximum atomic E-state index is 13.1. The molecule has 8 heteroatoms. The number of rotatable bonds is 5. The molecule has 2 aromatic carbocycles. The van der Waals surface area contributed by atoms with E-state index in [1.165, 1.54) is 0 Å². The van der Waals surface area contributed by atoms with Gasteiger partial charge in [-0.05, 0) is 34.4 Å². The fourth-order valence-corrected chi connectivity index (χ4v) is 5.84. The van der Waals surface area contributed by atoms with Crippen molar-refractivity contribution in [2.45, 2.75) is 11.4 Å². The number of thiophene rings is 1. The number of fused-ring (bicyclic) bond motifs is 1. The van der Waals surface area contributed by atoms with Gasteiger partial charge in [0.1, 0.15) is 6.26 Å². The van der Waals surface area contributed by atoms with Gasteiger partial charge in [-0.2, -0.15) is 4.31 Å². The van der Waals surface area contributed by atoms with Crippen LogP contribution in [0, 0.1) is 0 Å². The molecular formula is C22H21N3O3S2. The molecule has 5 rings (SSSR count). The lowest BCUT2D eigenvalue weighted by atomic mass is 10.1. The fourth-order valence-electron chi connectivity index (χ4n) is 3.73. The number of piperazine rings is 1. The average Bonchev–Trinajstić information content (AvgIpc) is 3.46. The molecule has 3 heterocycles. The Balaban J connectivity index is 1.24. The predicted octanol–water partition coefficient (Wildman–Crippen LogP) is 4.06. The first-order valence-corrected chi connectivity index (χ1v) is 12.1. The van der Waals surface area contributed by atoms with Crippen LogP contribution in [0.3, 0.4) is 0 Å². The molecule has 1 aliphatic rings. The molecule has 154 valence electrons. The van der Waals surface area contributed by atoms with Crippen LogP contribution in [0.4, 0.5) is 0 Å². The lowest BCUT2D eigenvalue weighted by molar-refractivity contribution is 0.180. The number of aromatic nitrogens is 1. The molecule has 0 amide bonds. The molecule has 6 nitrogen and oxygen atoms in total. The maximum Gasteiger partial charge on any atom is 0.243 e. The molecule has 4 aromatic rings. The average molecular weight is 440 g/mol. The molecule has 0 atom stereocenters. The van der Waals surface area contributed by atoms with E-state index in [2.05, 4.69) is 9.88 Å². The summed E-state index contributed by atoms with van der Waals surface area (Å²) in [4.78, 5) is 8.13. The van der Waals surface area contributed by atoms with Gasteiger partial charge in [0, 0.05) is 32.7 Å². The number of oxazole rings is 1. The van der Waals surface area contributed by atoms with Crippen LogP contribution in [0.1, 0.15) is 5.69 Å². The Labute approximate surface area is 179 Å². The molecule has 1 aliphatic heterocycles. The zero-order valence-electron chi connectivity index (χ0n) is 16.3. The highest BCUT2D eigenvalue weighted by molar-refractivity contribution is 7.89. The van der Waals surface area contributed by atoms with Gasteiger partial charge in [0.05, 0.1) is 15.5 Å². The van der Waals surface area contributed by atoms with Gasteiger partial charge in [-0.25, -0.2) is 13.4 Å². The summed E-state index contributed by atoms with van der Waals surface area (Å²) >= 11 is 1.59. The summed E-state index contributed by atoms with van der Waals surface area (Å²) in [6.45, 7) is 2.90.